The monoisotopic (exact) mass is 254 g/mol. The topological polar surface area (TPSA) is 84.4 Å². The molecule has 1 aromatic rings. The third kappa shape index (κ3) is 2.17. The van der Waals surface area contributed by atoms with Crippen LogP contribution in [0.5, 0.6) is 0 Å². The average molecular weight is 254 g/mol. The molecule has 1 saturated heterocycles. The molecular weight excluding hydrogens is 236 g/mol. The molecule has 1 fully saturated rings. The maximum Gasteiger partial charge on any atom is 0.333 e. The van der Waals surface area contributed by atoms with Crippen LogP contribution in [0.25, 0.3) is 0 Å². The van der Waals surface area contributed by atoms with E-state index in [1.165, 1.54) is 0 Å². The quantitative estimate of drug-likeness (QED) is 0.642. The van der Waals surface area contributed by atoms with E-state index in [1.54, 1.807) is 11.6 Å². The highest BCUT2D eigenvalue weighted by Crippen LogP contribution is 2.33. The predicted molar refractivity (Wildman–Crippen MR) is 66.7 cm³/mol. The van der Waals surface area contributed by atoms with Gasteiger partial charge in [0, 0.05) is 19.6 Å². The first-order valence-corrected chi connectivity index (χ1v) is 6.19. The number of rotatable bonds is 4. The molecule has 0 radical (unpaired) electrons. The van der Waals surface area contributed by atoms with Crippen LogP contribution < -0.4 is 4.90 Å². The lowest BCUT2D eigenvalue weighted by Gasteiger charge is -2.18. The number of nitro groups is 1. The summed E-state index contributed by atoms with van der Waals surface area (Å²) < 4.78 is 1.69. The van der Waals surface area contributed by atoms with Crippen LogP contribution in [0.15, 0.2) is 0 Å². The predicted octanol–water partition coefficient (Wildman–Crippen LogP) is 1.08. The van der Waals surface area contributed by atoms with Gasteiger partial charge < -0.3 is 10.0 Å². The molecule has 1 aliphatic heterocycles. The largest absolute Gasteiger partial charge is 0.391 e. The zero-order chi connectivity index (χ0) is 13.3. The summed E-state index contributed by atoms with van der Waals surface area (Å²) in [6.45, 7) is 5.38. The molecule has 1 atom stereocenters. The number of β-amino-alcohol motifs (C(OH)–C–C–N with tert-alkyl or cyclic N) is 1. The normalized spacial score (nSPS) is 19.5. The minimum Gasteiger partial charge on any atom is -0.391 e. The summed E-state index contributed by atoms with van der Waals surface area (Å²) in [5.41, 5.74) is 0.502. The first-order chi connectivity index (χ1) is 8.54. The molecule has 0 aromatic carbocycles. The molecule has 1 N–H and O–H groups in total. The fourth-order valence-electron chi connectivity index (χ4n) is 2.39. The molecule has 1 aliphatic rings. The van der Waals surface area contributed by atoms with Crippen LogP contribution in [0.2, 0.25) is 0 Å². The minimum absolute atomic E-state index is 0.0672. The molecule has 2 rings (SSSR count). The van der Waals surface area contributed by atoms with Crippen molar-refractivity contribution in [2.75, 3.05) is 18.0 Å². The van der Waals surface area contributed by atoms with Crippen molar-refractivity contribution in [1.29, 1.82) is 0 Å². The third-order valence-electron chi connectivity index (χ3n) is 3.15. The summed E-state index contributed by atoms with van der Waals surface area (Å²) in [6, 6.07) is 0. The summed E-state index contributed by atoms with van der Waals surface area (Å²) in [5.74, 6) is 0.538. The van der Waals surface area contributed by atoms with Crippen molar-refractivity contribution in [3.63, 3.8) is 0 Å². The first-order valence-electron chi connectivity index (χ1n) is 6.19. The first kappa shape index (κ1) is 12.8. The summed E-state index contributed by atoms with van der Waals surface area (Å²) in [6.07, 6.45) is 1.10. The van der Waals surface area contributed by atoms with E-state index in [4.69, 9.17) is 0 Å². The second kappa shape index (κ2) is 4.93. The number of nitrogens with zero attached hydrogens (tertiary/aromatic N) is 4. The molecule has 0 aliphatic carbocycles. The van der Waals surface area contributed by atoms with E-state index in [0.717, 1.165) is 6.42 Å². The van der Waals surface area contributed by atoms with Crippen LogP contribution in [0.1, 0.15) is 25.5 Å². The van der Waals surface area contributed by atoms with Crippen molar-refractivity contribution in [3.8, 4) is 0 Å². The van der Waals surface area contributed by atoms with Crippen molar-refractivity contribution < 1.29 is 10.0 Å². The molecule has 0 bridgehead atoms. The lowest BCUT2D eigenvalue weighted by atomic mass is 10.3. The van der Waals surface area contributed by atoms with Crippen LogP contribution in [0, 0.1) is 17.0 Å². The molecule has 18 heavy (non-hydrogen) atoms. The van der Waals surface area contributed by atoms with Gasteiger partial charge in [-0.2, -0.15) is 5.10 Å². The summed E-state index contributed by atoms with van der Waals surface area (Å²) >= 11 is 0. The number of aromatic nitrogens is 2. The summed E-state index contributed by atoms with van der Waals surface area (Å²) in [5, 5.41) is 25.0. The molecule has 100 valence electrons. The molecule has 0 saturated carbocycles. The molecule has 0 spiro atoms. The standard InChI is InChI=1S/C11H18N4O3/c1-3-5-14-11(13-6-4-9(16)7-13)10(15(17)18)8(2)12-14/h9,16H,3-7H2,1-2H3/t9-/m1/s1. The van der Waals surface area contributed by atoms with Crippen LogP contribution >= 0.6 is 0 Å². The van der Waals surface area contributed by atoms with Gasteiger partial charge in [0.15, 0.2) is 0 Å². The fraction of sp³-hybridized carbons (Fsp3) is 0.727. The molecule has 7 nitrogen and oxygen atoms in total. The van der Waals surface area contributed by atoms with Gasteiger partial charge in [0.25, 0.3) is 0 Å². The van der Waals surface area contributed by atoms with E-state index in [-0.39, 0.29) is 10.6 Å². The molecule has 2 heterocycles. The molecule has 0 amide bonds. The van der Waals surface area contributed by atoms with Gasteiger partial charge in [-0.15, -0.1) is 0 Å². The fourth-order valence-corrected chi connectivity index (χ4v) is 2.39. The lowest BCUT2D eigenvalue weighted by molar-refractivity contribution is -0.384. The maximum absolute atomic E-state index is 11.2. The number of hydrogen-bond acceptors (Lipinski definition) is 5. The lowest BCUT2D eigenvalue weighted by Crippen LogP contribution is -2.25. The molecule has 1 aromatic heterocycles. The van der Waals surface area contributed by atoms with Gasteiger partial charge in [0.2, 0.25) is 5.82 Å². The number of aliphatic hydroxyl groups is 1. The second-order valence-electron chi connectivity index (χ2n) is 4.63. The number of aliphatic hydroxyl groups excluding tert-OH is 1. The van der Waals surface area contributed by atoms with Gasteiger partial charge in [-0.25, -0.2) is 4.68 Å². The highest BCUT2D eigenvalue weighted by molar-refractivity contribution is 5.62. The average Bonchev–Trinajstić information content (AvgIpc) is 2.83. The zero-order valence-corrected chi connectivity index (χ0v) is 10.7. The van der Waals surface area contributed by atoms with Crippen LogP contribution in [-0.4, -0.2) is 39.0 Å². The summed E-state index contributed by atoms with van der Waals surface area (Å²) in [4.78, 5) is 12.6. The van der Waals surface area contributed by atoms with Gasteiger partial charge in [0.05, 0.1) is 11.0 Å². The van der Waals surface area contributed by atoms with Gasteiger partial charge in [-0.1, -0.05) is 6.92 Å². The molecule has 7 heteroatoms. The van der Waals surface area contributed by atoms with Crippen molar-refractivity contribution >= 4 is 11.5 Å². The van der Waals surface area contributed by atoms with Gasteiger partial charge in [-0.3, -0.25) is 10.1 Å². The number of hydrogen-bond donors (Lipinski definition) is 1. The van der Waals surface area contributed by atoms with Crippen molar-refractivity contribution in [2.45, 2.75) is 39.3 Å². The minimum atomic E-state index is -0.408. The van der Waals surface area contributed by atoms with Crippen molar-refractivity contribution in [2.24, 2.45) is 0 Å². The van der Waals surface area contributed by atoms with Crippen molar-refractivity contribution in [1.82, 2.24) is 9.78 Å². The highest BCUT2D eigenvalue weighted by atomic mass is 16.6. The van der Waals surface area contributed by atoms with E-state index in [2.05, 4.69) is 5.10 Å². The van der Waals surface area contributed by atoms with E-state index >= 15 is 0 Å². The Morgan fingerprint density at radius 3 is 2.83 bits per heavy atom. The third-order valence-corrected chi connectivity index (χ3v) is 3.15. The Morgan fingerprint density at radius 2 is 2.33 bits per heavy atom. The van der Waals surface area contributed by atoms with Gasteiger partial charge >= 0.3 is 5.69 Å². The van der Waals surface area contributed by atoms with Gasteiger partial charge in [-0.05, 0) is 19.8 Å². The number of anilines is 1. The van der Waals surface area contributed by atoms with Crippen LogP contribution in [0.3, 0.4) is 0 Å². The summed E-state index contributed by atoms with van der Waals surface area (Å²) in [7, 11) is 0. The zero-order valence-electron chi connectivity index (χ0n) is 10.7. The van der Waals surface area contributed by atoms with E-state index < -0.39 is 6.10 Å². The van der Waals surface area contributed by atoms with Crippen LogP contribution in [0.4, 0.5) is 11.5 Å². The van der Waals surface area contributed by atoms with E-state index in [1.807, 2.05) is 11.8 Å². The van der Waals surface area contributed by atoms with E-state index in [0.29, 0.717) is 37.6 Å². The highest BCUT2D eigenvalue weighted by Gasteiger charge is 2.32. The van der Waals surface area contributed by atoms with Gasteiger partial charge in [0.1, 0.15) is 5.69 Å². The maximum atomic E-state index is 11.2. The Balaban J connectivity index is 2.43. The Hall–Kier alpha value is -1.63. The Labute approximate surface area is 105 Å². The van der Waals surface area contributed by atoms with Crippen LogP contribution in [-0.2, 0) is 6.54 Å². The Morgan fingerprint density at radius 1 is 1.61 bits per heavy atom. The Bertz CT molecular complexity index is 457. The SMILES string of the molecule is CCCn1nc(C)c([N+](=O)[O-])c1N1CC[C@@H](O)C1. The second-order valence-corrected chi connectivity index (χ2v) is 4.63. The molecule has 0 unspecified atom stereocenters. The van der Waals surface area contributed by atoms with E-state index in [9.17, 15) is 15.2 Å². The number of aryl methyl sites for hydroxylation is 2. The molecular formula is C11H18N4O3. The Kier molecular flexibility index (Phi) is 3.51. The van der Waals surface area contributed by atoms with Crippen molar-refractivity contribution in [3.05, 3.63) is 15.8 Å². The smallest absolute Gasteiger partial charge is 0.333 e.